The van der Waals surface area contributed by atoms with Crippen molar-refractivity contribution in [3.63, 3.8) is 0 Å². The first kappa shape index (κ1) is 18.6. The van der Waals surface area contributed by atoms with Gasteiger partial charge in [-0.1, -0.05) is 6.42 Å². The van der Waals surface area contributed by atoms with E-state index in [0.29, 0.717) is 0 Å². The van der Waals surface area contributed by atoms with Gasteiger partial charge in [-0.05, 0) is 25.0 Å². The van der Waals surface area contributed by atoms with Crippen LogP contribution >= 0.6 is 0 Å². The van der Waals surface area contributed by atoms with Crippen molar-refractivity contribution in [1.29, 1.82) is 0 Å². The Morgan fingerprint density at radius 2 is 1.16 bits per heavy atom. The second-order valence-corrected chi connectivity index (χ2v) is 5.99. The number of nitrogens with zero attached hydrogens (tertiary/aromatic N) is 4. The van der Waals surface area contributed by atoms with Crippen LogP contribution < -0.4 is 9.13 Å². The molecule has 2 rings (SSSR count). The van der Waals surface area contributed by atoms with Gasteiger partial charge in [-0.15, -0.1) is 0 Å². The van der Waals surface area contributed by atoms with Crippen molar-refractivity contribution in [2.75, 3.05) is 0 Å². The minimum Gasteiger partial charge on any atom is -0.792 e. The molecule has 6 heteroatoms. The molecule has 0 bridgehead atoms. The zero-order valence-corrected chi connectivity index (χ0v) is 14.3. The van der Waals surface area contributed by atoms with Gasteiger partial charge in [-0.3, -0.25) is 0 Å². The molecule has 0 amide bonds. The average molecular weight is 340 g/mol. The Balaban J connectivity index is 1.61. The molecule has 2 aromatic rings. The molecule has 25 heavy (non-hydrogen) atoms. The minimum atomic E-state index is 0.832. The highest BCUT2D eigenvalue weighted by Gasteiger charge is 2.03. The number of unbranched alkanes of at least 4 members (excludes halogenated alkanes) is 4. The summed E-state index contributed by atoms with van der Waals surface area (Å²) in [5.74, 6) is 0. The Kier molecular flexibility index (Phi) is 8.11. The number of pyridine rings is 2. The lowest BCUT2D eigenvalue weighted by Gasteiger charge is -2.01. The van der Waals surface area contributed by atoms with Gasteiger partial charge >= 0.3 is 0 Å². The molecule has 0 aliphatic carbocycles. The maximum absolute atomic E-state index is 10.3. The van der Waals surface area contributed by atoms with E-state index in [1.807, 2.05) is 49.1 Å². The monoisotopic (exact) mass is 340 g/mol. The first-order chi connectivity index (χ1) is 12.3. The van der Waals surface area contributed by atoms with Gasteiger partial charge in [0.15, 0.2) is 24.8 Å². The number of hydrogen-bond acceptors (Lipinski definition) is 4. The highest BCUT2D eigenvalue weighted by molar-refractivity contribution is 5.79. The molecule has 0 spiro atoms. The van der Waals surface area contributed by atoms with Crippen LogP contribution in [0.15, 0.2) is 59.4 Å². The largest absolute Gasteiger partial charge is 0.792 e. The summed E-state index contributed by atoms with van der Waals surface area (Å²) in [6.07, 6.45) is 16.3. The van der Waals surface area contributed by atoms with Gasteiger partial charge in [-0.25, -0.2) is 9.13 Å². The summed E-state index contributed by atoms with van der Waals surface area (Å²) in [7, 11) is 0. The van der Waals surface area contributed by atoms with E-state index < -0.39 is 0 Å². The third-order valence-electron chi connectivity index (χ3n) is 4.00. The summed E-state index contributed by atoms with van der Waals surface area (Å²) in [6.45, 7) is 1.90. The minimum absolute atomic E-state index is 0.832. The highest BCUT2D eigenvalue weighted by atomic mass is 16.4. The number of hydrogen-bond donors (Lipinski definition) is 0. The van der Waals surface area contributed by atoms with Crippen molar-refractivity contribution in [1.82, 2.24) is 0 Å². The molecule has 0 aromatic carbocycles. The van der Waals surface area contributed by atoms with Crippen molar-refractivity contribution >= 4 is 12.4 Å². The van der Waals surface area contributed by atoms with Crippen LogP contribution in [0.1, 0.15) is 43.2 Å². The van der Waals surface area contributed by atoms with E-state index in [4.69, 9.17) is 0 Å². The van der Waals surface area contributed by atoms with Gasteiger partial charge in [0.2, 0.25) is 0 Å². The lowest BCUT2D eigenvalue weighted by atomic mass is 10.1. The standard InChI is InChI=1S/C19H24N4O2/c24-20-14-18-8-6-12-22(16-18)10-4-2-1-3-5-11-23-13-7-9-19(17-23)15-21-25/h6-9,12-17H,1-5,10-11H2/b20-14+,21-15+. The molecular weight excluding hydrogens is 316 g/mol. The summed E-state index contributed by atoms with van der Waals surface area (Å²) >= 11 is 0. The third-order valence-corrected chi connectivity index (χ3v) is 4.00. The fourth-order valence-corrected chi connectivity index (χ4v) is 2.76. The summed E-state index contributed by atoms with van der Waals surface area (Å²) in [4.78, 5) is 0. The molecule has 0 aliphatic heterocycles. The Morgan fingerprint density at radius 3 is 1.60 bits per heavy atom. The molecule has 6 nitrogen and oxygen atoms in total. The van der Waals surface area contributed by atoms with Gasteiger partial charge in [0, 0.05) is 37.4 Å². The predicted molar refractivity (Wildman–Crippen MR) is 98.3 cm³/mol. The normalized spacial score (nSPS) is 11.5. The Bertz CT molecular complexity index is 642. The summed E-state index contributed by atoms with van der Waals surface area (Å²) in [6, 6.07) is 7.60. The summed E-state index contributed by atoms with van der Waals surface area (Å²) < 4.78 is 4.19. The molecule has 132 valence electrons. The Morgan fingerprint density at radius 1 is 0.720 bits per heavy atom. The number of aromatic nitrogens is 2. The lowest BCUT2D eigenvalue weighted by Crippen LogP contribution is -2.33. The van der Waals surface area contributed by atoms with E-state index in [-0.39, 0.29) is 0 Å². The molecule has 2 aromatic heterocycles. The van der Waals surface area contributed by atoms with Gasteiger partial charge in [0.05, 0.1) is 11.1 Å². The summed E-state index contributed by atoms with van der Waals surface area (Å²) in [5.41, 5.74) is 1.66. The molecular formula is C19H24N4O2. The molecule has 0 saturated heterocycles. The second kappa shape index (κ2) is 10.9. The van der Waals surface area contributed by atoms with E-state index in [1.54, 1.807) is 0 Å². The van der Waals surface area contributed by atoms with Crippen molar-refractivity contribution in [3.8, 4) is 0 Å². The SMILES string of the molecule is [O-]/N=C/c1ccc[n+](CCCCCCC[n+]2cccc(/C=N/[O-])c2)c1. The average Bonchev–Trinajstić information content (AvgIpc) is 2.62. The first-order valence-corrected chi connectivity index (χ1v) is 8.61. The quantitative estimate of drug-likeness (QED) is 0.288. The fraction of sp³-hybridized carbons (Fsp3) is 0.368. The maximum Gasteiger partial charge on any atom is 0.177 e. The molecule has 0 atom stereocenters. The molecule has 0 saturated carbocycles. The van der Waals surface area contributed by atoms with Gasteiger partial charge in [0.25, 0.3) is 0 Å². The third kappa shape index (κ3) is 7.12. The van der Waals surface area contributed by atoms with E-state index in [1.165, 1.54) is 31.7 Å². The Labute approximate surface area is 148 Å². The van der Waals surface area contributed by atoms with Crippen molar-refractivity contribution < 1.29 is 9.13 Å². The van der Waals surface area contributed by atoms with E-state index in [0.717, 1.165) is 37.1 Å². The van der Waals surface area contributed by atoms with Crippen LogP contribution in [0.3, 0.4) is 0 Å². The first-order valence-electron chi connectivity index (χ1n) is 8.61. The molecule has 0 unspecified atom stereocenters. The topological polar surface area (TPSA) is 78.6 Å². The van der Waals surface area contributed by atoms with E-state index in [2.05, 4.69) is 19.4 Å². The highest BCUT2D eigenvalue weighted by Crippen LogP contribution is 2.03. The van der Waals surface area contributed by atoms with Crippen LogP contribution in [-0.4, -0.2) is 12.4 Å². The Hall–Kier alpha value is -2.76. The van der Waals surface area contributed by atoms with Gasteiger partial charge in [-0.2, -0.15) is 0 Å². The summed E-state index contributed by atoms with van der Waals surface area (Å²) in [5, 5.41) is 26.1. The number of rotatable bonds is 10. The predicted octanol–water partition coefficient (Wildman–Crippen LogP) is 2.75. The maximum atomic E-state index is 10.3. The van der Waals surface area contributed by atoms with Crippen LogP contribution in [0.2, 0.25) is 0 Å². The van der Waals surface area contributed by atoms with Gasteiger partial charge in [0.1, 0.15) is 13.1 Å². The molecule has 0 aliphatic rings. The van der Waals surface area contributed by atoms with E-state index in [9.17, 15) is 10.4 Å². The molecule has 0 radical (unpaired) electrons. The van der Waals surface area contributed by atoms with Gasteiger partial charge < -0.3 is 20.7 Å². The second-order valence-electron chi connectivity index (χ2n) is 5.99. The molecule has 0 N–H and O–H groups in total. The number of aryl methyl sites for hydroxylation is 2. The van der Waals surface area contributed by atoms with Crippen molar-refractivity contribution in [2.24, 2.45) is 10.3 Å². The smallest absolute Gasteiger partial charge is 0.177 e. The molecule has 2 heterocycles. The van der Waals surface area contributed by atoms with Crippen molar-refractivity contribution in [3.05, 3.63) is 70.6 Å². The lowest BCUT2D eigenvalue weighted by molar-refractivity contribution is -0.697. The fourth-order valence-electron chi connectivity index (χ4n) is 2.76. The van der Waals surface area contributed by atoms with Crippen LogP contribution in [-0.2, 0) is 13.1 Å². The molecule has 0 fully saturated rings. The van der Waals surface area contributed by atoms with E-state index >= 15 is 0 Å². The van der Waals surface area contributed by atoms with Crippen molar-refractivity contribution in [2.45, 2.75) is 45.2 Å². The van der Waals surface area contributed by atoms with Crippen LogP contribution in [0.25, 0.3) is 0 Å². The zero-order valence-electron chi connectivity index (χ0n) is 14.3. The van der Waals surface area contributed by atoms with Crippen LogP contribution in [0.5, 0.6) is 0 Å². The van der Waals surface area contributed by atoms with Crippen LogP contribution in [0, 0.1) is 10.4 Å². The zero-order chi connectivity index (χ0) is 17.7. The van der Waals surface area contributed by atoms with Crippen LogP contribution in [0.4, 0.5) is 0 Å².